The number of rotatable bonds is 10. The van der Waals surface area contributed by atoms with Gasteiger partial charge in [-0.05, 0) is 60.5 Å². The number of amides is 2. The summed E-state index contributed by atoms with van der Waals surface area (Å²) in [6.45, 7) is 5.59. The predicted octanol–water partition coefficient (Wildman–Crippen LogP) is 3.08. The fourth-order valence-electron chi connectivity index (χ4n) is 5.14. The summed E-state index contributed by atoms with van der Waals surface area (Å²) in [5, 5.41) is 3.08. The molecular formula is C29H32N4O5S. The Labute approximate surface area is 228 Å². The lowest BCUT2D eigenvalue weighted by molar-refractivity contribution is -0.128. The molecule has 1 aliphatic heterocycles. The largest absolute Gasteiger partial charge is 0.494 e. The topological polar surface area (TPSA) is 109 Å². The van der Waals surface area contributed by atoms with E-state index in [1.807, 2.05) is 17.9 Å². The number of benzene rings is 2. The molecule has 1 unspecified atom stereocenters. The molecule has 1 N–H and O–H groups in total. The van der Waals surface area contributed by atoms with E-state index in [1.54, 1.807) is 73.9 Å². The number of piperidine rings is 1. The van der Waals surface area contributed by atoms with Gasteiger partial charge >= 0.3 is 0 Å². The van der Waals surface area contributed by atoms with Crippen LogP contribution in [0.2, 0.25) is 0 Å². The van der Waals surface area contributed by atoms with Crippen LogP contribution < -0.4 is 10.1 Å². The van der Waals surface area contributed by atoms with Gasteiger partial charge in [0.15, 0.2) is 0 Å². The Morgan fingerprint density at radius 1 is 1.00 bits per heavy atom. The van der Waals surface area contributed by atoms with Gasteiger partial charge in [-0.1, -0.05) is 18.2 Å². The van der Waals surface area contributed by atoms with E-state index >= 15 is 0 Å². The number of hydrogen-bond donors (Lipinski definition) is 1. The molecule has 1 aromatic heterocycles. The van der Waals surface area contributed by atoms with E-state index in [9.17, 15) is 18.0 Å². The van der Waals surface area contributed by atoms with Crippen molar-refractivity contribution in [3.8, 4) is 5.75 Å². The molecule has 3 aromatic rings. The number of carbonyl (C=O) groups is 2. The van der Waals surface area contributed by atoms with E-state index in [1.165, 1.54) is 4.31 Å². The van der Waals surface area contributed by atoms with Crippen molar-refractivity contribution in [3.63, 3.8) is 0 Å². The van der Waals surface area contributed by atoms with Crippen molar-refractivity contribution in [2.45, 2.75) is 37.9 Å². The van der Waals surface area contributed by atoms with Crippen LogP contribution in [0.4, 0.5) is 0 Å². The minimum atomic E-state index is -3.84. The van der Waals surface area contributed by atoms with Crippen LogP contribution in [0.25, 0.3) is 0 Å². The second-order valence-electron chi connectivity index (χ2n) is 9.99. The first-order chi connectivity index (χ1) is 18.8. The van der Waals surface area contributed by atoms with E-state index < -0.39 is 10.0 Å². The molecule has 204 valence electrons. The number of ether oxygens (including phenoxy) is 1. The number of sulfonamides is 1. The quantitative estimate of drug-likeness (QED) is 0.417. The molecule has 1 aliphatic carbocycles. The lowest BCUT2D eigenvalue weighted by Gasteiger charge is -2.23. The van der Waals surface area contributed by atoms with Gasteiger partial charge in [-0.3, -0.25) is 14.6 Å². The summed E-state index contributed by atoms with van der Waals surface area (Å²) in [7, 11) is -3.84. The Balaban J connectivity index is 1.28. The van der Waals surface area contributed by atoms with Crippen molar-refractivity contribution in [3.05, 3.63) is 89.7 Å². The second kappa shape index (κ2) is 11.2. The van der Waals surface area contributed by atoms with Crippen LogP contribution >= 0.6 is 0 Å². The van der Waals surface area contributed by atoms with E-state index in [2.05, 4.69) is 10.3 Å². The van der Waals surface area contributed by atoms with E-state index in [0.29, 0.717) is 42.8 Å². The van der Waals surface area contributed by atoms with Crippen molar-refractivity contribution in [2.24, 2.45) is 11.8 Å². The third kappa shape index (κ3) is 5.97. The number of aromatic nitrogens is 1. The molecule has 2 aromatic carbocycles. The van der Waals surface area contributed by atoms with Gasteiger partial charge in [-0.15, -0.1) is 0 Å². The molecule has 5 rings (SSSR count). The second-order valence-corrected chi connectivity index (χ2v) is 11.9. The van der Waals surface area contributed by atoms with E-state index in [0.717, 1.165) is 11.1 Å². The minimum absolute atomic E-state index is 0.0741. The average Bonchev–Trinajstić information content (AvgIpc) is 3.35. The highest BCUT2D eigenvalue weighted by Crippen LogP contribution is 2.45. The van der Waals surface area contributed by atoms with Gasteiger partial charge in [0.1, 0.15) is 5.75 Å². The molecule has 3 atom stereocenters. The van der Waals surface area contributed by atoms with Gasteiger partial charge in [-0.2, -0.15) is 4.31 Å². The molecule has 2 heterocycles. The summed E-state index contributed by atoms with van der Waals surface area (Å²) in [4.78, 5) is 30.5. The standard InChI is InChI=1S/C29H32N4O5S/c1-3-38-24-10-12-25(13-11-24)39(36,37)33(17-22-5-4-14-30-15-22)16-21-6-8-23(9-7-21)29(35)31-28-26-18-32(20(2)34)19-27(26)28/h4-15,26-28H,3,16-19H2,1-2H3,(H,31,35)/t26-,27+,28?. The number of carbonyl (C=O) groups excluding carboxylic acids is 2. The van der Waals surface area contributed by atoms with Crippen LogP contribution in [0.3, 0.4) is 0 Å². The number of nitrogens with zero attached hydrogens (tertiary/aromatic N) is 3. The van der Waals surface area contributed by atoms with Gasteiger partial charge in [-0.25, -0.2) is 8.42 Å². The maximum absolute atomic E-state index is 13.7. The number of likely N-dealkylation sites (tertiary alicyclic amines) is 1. The number of hydrogen-bond acceptors (Lipinski definition) is 6. The molecule has 1 saturated carbocycles. The smallest absolute Gasteiger partial charge is 0.251 e. The molecular weight excluding hydrogens is 516 g/mol. The van der Waals surface area contributed by atoms with Gasteiger partial charge < -0.3 is 15.0 Å². The van der Waals surface area contributed by atoms with Crippen LogP contribution in [0, 0.1) is 11.8 Å². The highest BCUT2D eigenvalue weighted by molar-refractivity contribution is 7.89. The van der Waals surface area contributed by atoms with E-state index in [-0.39, 0.29) is 35.8 Å². The lowest BCUT2D eigenvalue weighted by atomic mass is 10.1. The minimum Gasteiger partial charge on any atom is -0.494 e. The van der Waals surface area contributed by atoms with Crippen molar-refractivity contribution < 1.29 is 22.7 Å². The van der Waals surface area contributed by atoms with Crippen molar-refractivity contribution in [2.75, 3.05) is 19.7 Å². The Kier molecular flexibility index (Phi) is 7.67. The molecule has 10 heteroatoms. The Morgan fingerprint density at radius 2 is 1.67 bits per heavy atom. The highest BCUT2D eigenvalue weighted by atomic mass is 32.2. The summed E-state index contributed by atoms with van der Waals surface area (Å²) in [5.74, 6) is 1.17. The fraction of sp³-hybridized carbons (Fsp3) is 0.345. The summed E-state index contributed by atoms with van der Waals surface area (Å²) in [5.41, 5.74) is 2.03. The third-order valence-corrected chi connectivity index (χ3v) is 9.17. The molecule has 9 nitrogen and oxygen atoms in total. The first-order valence-electron chi connectivity index (χ1n) is 13.0. The van der Waals surface area contributed by atoms with E-state index in [4.69, 9.17) is 4.74 Å². The van der Waals surface area contributed by atoms with Crippen molar-refractivity contribution in [1.82, 2.24) is 19.5 Å². The molecule has 1 saturated heterocycles. The highest BCUT2D eigenvalue weighted by Gasteiger charge is 2.57. The zero-order valence-electron chi connectivity index (χ0n) is 22.0. The fourth-order valence-corrected chi connectivity index (χ4v) is 6.56. The van der Waals surface area contributed by atoms with Crippen LogP contribution in [-0.2, 0) is 27.9 Å². The molecule has 2 amide bonds. The number of fused-ring (bicyclic) bond motifs is 1. The number of nitrogens with one attached hydrogen (secondary N) is 1. The Morgan fingerprint density at radius 3 is 2.26 bits per heavy atom. The number of pyridine rings is 1. The van der Waals surface area contributed by atoms with Crippen LogP contribution in [0.5, 0.6) is 5.75 Å². The first kappa shape index (κ1) is 26.8. The zero-order chi connectivity index (χ0) is 27.6. The Hall–Kier alpha value is -3.76. The van der Waals surface area contributed by atoms with Gasteiger partial charge in [0.25, 0.3) is 5.91 Å². The first-order valence-corrected chi connectivity index (χ1v) is 14.5. The normalized spacial score (nSPS) is 20.0. The summed E-state index contributed by atoms with van der Waals surface area (Å²) >= 11 is 0. The molecule has 2 fully saturated rings. The van der Waals surface area contributed by atoms with Crippen molar-refractivity contribution in [1.29, 1.82) is 0 Å². The SMILES string of the molecule is CCOc1ccc(S(=O)(=O)N(Cc2ccc(C(=O)NC3[C@H]4CN(C(C)=O)C[C@@H]34)cc2)Cc2cccnc2)cc1. The Bertz CT molecular complexity index is 1420. The maximum Gasteiger partial charge on any atom is 0.251 e. The van der Waals surface area contributed by atoms with Crippen LogP contribution in [0.15, 0.2) is 78.0 Å². The average molecular weight is 549 g/mol. The van der Waals surface area contributed by atoms with Crippen LogP contribution in [-0.4, -0.2) is 60.2 Å². The van der Waals surface area contributed by atoms with Crippen LogP contribution in [0.1, 0.15) is 35.3 Å². The maximum atomic E-state index is 13.7. The van der Waals surface area contributed by atoms with Crippen molar-refractivity contribution >= 4 is 21.8 Å². The summed E-state index contributed by atoms with van der Waals surface area (Å²) in [6.07, 6.45) is 3.30. The molecule has 0 radical (unpaired) electrons. The lowest BCUT2D eigenvalue weighted by Crippen LogP contribution is -2.36. The third-order valence-electron chi connectivity index (χ3n) is 7.37. The molecule has 2 aliphatic rings. The summed E-state index contributed by atoms with van der Waals surface area (Å²) < 4.78 is 34.2. The van der Waals surface area contributed by atoms with Gasteiger partial charge in [0.05, 0.1) is 11.5 Å². The summed E-state index contributed by atoms with van der Waals surface area (Å²) in [6, 6.07) is 17.1. The molecule has 0 spiro atoms. The predicted molar refractivity (Wildman–Crippen MR) is 145 cm³/mol. The molecule has 39 heavy (non-hydrogen) atoms. The zero-order valence-corrected chi connectivity index (χ0v) is 22.8. The van der Waals surface area contributed by atoms with Gasteiger partial charge in [0, 0.05) is 68.9 Å². The monoisotopic (exact) mass is 548 g/mol. The van der Waals surface area contributed by atoms with Gasteiger partial charge in [0.2, 0.25) is 15.9 Å². The molecule has 0 bridgehead atoms.